The normalized spacial score (nSPS) is 30.6. The molecule has 0 aromatic carbocycles. The molecule has 0 amide bonds. The maximum absolute atomic E-state index is 3.63. The molecule has 0 radical (unpaired) electrons. The standard InChI is InChI=1S/C13H20N2S/c1-10-4-7-16-13(10)9-15-6-3-12-11(8-15)2-5-14-12/h4,7,11-12,14H,2-3,5-6,8-9H2,1H3. The van der Waals surface area contributed by atoms with Crippen LogP contribution in [-0.2, 0) is 6.54 Å². The van der Waals surface area contributed by atoms with E-state index in [0.717, 1.165) is 12.0 Å². The Morgan fingerprint density at radius 2 is 2.44 bits per heavy atom. The Morgan fingerprint density at radius 1 is 1.50 bits per heavy atom. The van der Waals surface area contributed by atoms with Crippen LogP contribution in [0.3, 0.4) is 0 Å². The van der Waals surface area contributed by atoms with E-state index in [9.17, 15) is 0 Å². The summed E-state index contributed by atoms with van der Waals surface area (Å²) in [5, 5.41) is 5.84. The van der Waals surface area contributed by atoms with Crippen LogP contribution in [0.15, 0.2) is 11.4 Å². The SMILES string of the molecule is Cc1ccsc1CN1CCC2NCCC2C1. The summed E-state index contributed by atoms with van der Waals surface area (Å²) >= 11 is 1.91. The molecule has 2 atom stereocenters. The first-order valence-corrected chi connectivity index (χ1v) is 7.19. The fraction of sp³-hybridized carbons (Fsp3) is 0.692. The summed E-state index contributed by atoms with van der Waals surface area (Å²) < 4.78 is 0. The Kier molecular flexibility index (Phi) is 3.01. The van der Waals surface area contributed by atoms with Crippen molar-refractivity contribution in [3.63, 3.8) is 0 Å². The number of likely N-dealkylation sites (tertiary alicyclic amines) is 1. The molecule has 0 spiro atoms. The average molecular weight is 236 g/mol. The number of nitrogens with zero attached hydrogens (tertiary/aromatic N) is 1. The van der Waals surface area contributed by atoms with Gasteiger partial charge in [-0.2, -0.15) is 0 Å². The minimum atomic E-state index is 0.820. The molecule has 2 aliphatic heterocycles. The quantitative estimate of drug-likeness (QED) is 0.847. The molecule has 2 unspecified atom stereocenters. The van der Waals surface area contributed by atoms with E-state index in [1.807, 2.05) is 11.3 Å². The van der Waals surface area contributed by atoms with E-state index in [4.69, 9.17) is 0 Å². The molecule has 3 rings (SSSR count). The van der Waals surface area contributed by atoms with Crippen LogP contribution in [0.4, 0.5) is 0 Å². The van der Waals surface area contributed by atoms with Gasteiger partial charge >= 0.3 is 0 Å². The van der Waals surface area contributed by atoms with E-state index in [1.165, 1.54) is 44.6 Å². The minimum absolute atomic E-state index is 0.820. The predicted octanol–water partition coefficient (Wildman–Crippen LogP) is 2.24. The molecule has 1 aromatic heterocycles. The van der Waals surface area contributed by atoms with Gasteiger partial charge < -0.3 is 5.32 Å². The first-order chi connectivity index (χ1) is 7.83. The average Bonchev–Trinajstić information content (AvgIpc) is 2.88. The van der Waals surface area contributed by atoms with E-state index >= 15 is 0 Å². The molecule has 1 N–H and O–H groups in total. The van der Waals surface area contributed by atoms with E-state index in [1.54, 1.807) is 4.88 Å². The third kappa shape index (κ3) is 2.04. The Balaban J connectivity index is 1.62. The molecule has 0 aliphatic carbocycles. The van der Waals surface area contributed by atoms with Crippen LogP contribution < -0.4 is 5.32 Å². The lowest BCUT2D eigenvalue weighted by molar-refractivity contribution is 0.157. The predicted molar refractivity (Wildman–Crippen MR) is 68.8 cm³/mol. The lowest BCUT2D eigenvalue weighted by Gasteiger charge is -2.34. The van der Waals surface area contributed by atoms with Gasteiger partial charge in [-0.3, -0.25) is 4.90 Å². The fourth-order valence-corrected chi connectivity index (χ4v) is 3.98. The van der Waals surface area contributed by atoms with Crippen molar-refractivity contribution in [2.24, 2.45) is 5.92 Å². The van der Waals surface area contributed by atoms with Crippen LogP contribution in [-0.4, -0.2) is 30.6 Å². The number of aryl methyl sites for hydroxylation is 1. The van der Waals surface area contributed by atoms with Crippen LogP contribution in [0, 0.1) is 12.8 Å². The Morgan fingerprint density at radius 3 is 3.25 bits per heavy atom. The molecule has 2 fully saturated rings. The molecule has 88 valence electrons. The van der Waals surface area contributed by atoms with Gasteiger partial charge in [-0.15, -0.1) is 11.3 Å². The molecule has 2 aliphatic rings. The molecule has 0 saturated carbocycles. The maximum atomic E-state index is 3.63. The van der Waals surface area contributed by atoms with Gasteiger partial charge in [0.1, 0.15) is 0 Å². The van der Waals surface area contributed by atoms with Gasteiger partial charge in [-0.1, -0.05) is 0 Å². The fourth-order valence-electron chi connectivity index (χ4n) is 3.04. The maximum Gasteiger partial charge on any atom is 0.0330 e. The van der Waals surface area contributed by atoms with Gasteiger partial charge in [0, 0.05) is 30.6 Å². The highest BCUT2D eigenvalue weighted by atomic mass is 32.1. The zero-order valence-electron chi connectivity index (χ0n) is 9.91. The van der Waals surface area contributed by atoms with Crippen LogP contribution in [0.2, 0.25) is 0 Å². The van der Waals surface area contributed by atoms with E-state index in [0.29, 0.717) is 0 Å². The molecule has 0 bridgehead atoms. The van der Waals surface area contributed by atoms with Gasteiger partial charge in [0.15, 0.2) is 0 Å². The molecule has 3 heteroatoms. The van der Waals surface area contributed by atoms with Crippen molar-refractivity contribution < 1.29 is 0 Å². The topological polar surface area (TPSA) is 15.3 Å². The summed E-state index contributed by atoms with van der Waals surface area (Å²) in [4.78, 5) is 4.21. The van der Waals surface area contributed by atoms with Crippen molar-refractivity contribution in [2.75, 3.05) is 19.6 Å². The molecular weight excluding hydrogens is 216 g/mol. The molecular formula is C13H20N2S. The second kappa shape index (κ2) is 4.47. The summed E-state index contributed by atoms with van der Waals surface area (Å²) in [6.45, 7) is 7.21. The van der Waals surface area contributed by atoms with Gasteiger partial charge in [0.2, 0.25) is 0 Å². The van der Waals surface area contributed by atoms with Crippen LogP contribution in [0.1, 0.15) is 23.3 Å². The van der Waals surface area contributed by atoms with Crippen molar-refractivity contribution in [2.45, 2.75) is 32.4 Å². The second-order valence-electron chi connectivity index (χ2n) is 5.16. The van der Waals surface area contributed by atoms with Gasteiger partial charge in [-0.05, 0) is 49.2 Å². The van der Waals surface area contributed by atoms with Crippen molar-refractivity contribution >= 4 is 11.3 Å². The third-order valence-corrected chi connectivity index (χ3v) is 5.08. The van der Waals surface area contributed by atoms with E-state index in [2.05, 4.69) is 28.6 Å². The zero-order chi connectivity index (χ0) is 11.0. The number of fused-ring (bicyclic) bond motifs is 1. The highest BCUT2D eigenvalue weighted by Crippen LogP contribution is 2.27. The zero-order valence-corrected chi connectivity index (χ0v) is 10.7. The number of thiophene rings is 1. The molecule has 2 saturated heterocycles. The lowest BCUT2D eigenvalue weighted by Crippen LogP contribution is -2.43. The van der Waals surface area contributed by atoms with E-state index in [-0.39, 0.29) is 0 Å². The number of nitrogens with one attached hydrogen (secondary N) is 1. The molecule has 16 heavy (non-hydrogen) atoms. The van der Waals surface area contributed by atoms with Crippen molar-refractivity contribution in [1.82, 2.24) is 10.2 Å². The van der Waals surface area contributed by atoms with Gasteiger partial charge in [0.05, 0.1) is 0 Å². The number of hydrogen-bond donors (Lipinski definition) is 1. The first-order valence-electron chi connectivity index (χ1n) is 6.31. The Bertz CT molecular complexity index is 361. The van der Waals surface area contributed by atoms with Crippen molar-refractivity contribution in [3.05, 3.63) is 21.9 Å². The van der Waals surface area contributed by atoms with Crippen LogP contribution in [0.5, 0.6) is 0 Å². The van der Waals surface area contributed by atoms with Crippen molar-refractivity contribution in [3.8, 4) is 0 Å². The molecule has 3 heterocycles. The number of hydrogen-bond acceptors (Lipinski definition) is 3. The summed E-state index contributed by atoms with van der Waals surface area (Å²) in [6, 6.07) is 3.06. The first kappa shape index (κ1) is 10.8. The highest BCUT2D eigenvalue weighted by molar-refractivity contribution is 7.10. The molecule has 2 nitrogen and oxygen atoms in total. The van der Waals surface area contributed by atoms with Gasteiger partial charge in [-0.25, -0.2) is 0 Å². The third-order valence-electron chi connectivity index (χ3n) is 4.08. The van der Waals surface area contributed by atoms with Crippen LogP contribution >= 0.6 is 11.3 Å². The summed E-state index contributed by atoms with van der Waals surface area (Å²) in [7, 11) is 0. The second-order valence-corrected chi connectivity index (χ2v) is 6.16. The lowest BCUT2D eigenvalue weighted by atomic mass is 9.93. The molecule has 1 aromatic rings. The Hall–Kier alpha value is -0.380. The van der Waals surface area contributed by atoms with Gasteiger partial charge in [0.25, 0.3) is 0 Å². The summed E-state index contributed by atoms with van der Waals surface area (Å²) in [6.07, 6.45) is 2.72. The summed E-state index contributed by atoms with van der Waals surface area (Å²) in [5.41, 5.74) is 1.47. The largest absolute Gasteiger partial charge is 0.314 e. The van der Waals surface area contributed by atoms with Crippen LogP contribution in [0.25, 0.3) is 0 Å². The summed E-state index contributed by atoms with van der Waals surface area (Å²) in [5.74, 6) is 0.911. The van der Waals surface area contributed by atoms with E-state index < -0.39 is 0 Å². The smallest absolute Gasteiger partial charge is 0.0330 e. The Labute approximate surface area is 102 Å². The minimum Gasteiger partial charge on any atom is -0.314 e. The van der Waals surface area contributed by atoms with Crippen molar-refractivity contribution in [1.29, 1.82) is 0 Å². The monoisotopic (exact) mass is 236 g/mol. The highest BCUT2D eigenvalue weighted by Gasteiger charge is 2.32. The number of rotatable bonds is 2. The number of piperidine rings is 1.